The van der Waals surface area contributed by atoms with Crippen molar-refractivity contribution in [2.75, 3.05) is 42.6 Å². The number of carbonyl (C=O) groups is 1. The zero-order valence-electron chi connectivity index (χ0n) is 15.9. The van der Waals surface area contributed by atoms with Gasteiger partial charge in [0, 0.05) is 26.3 Å². The molecule has 6 nitrogen and oxygen atoms in total. The Morgan fingerprint density at radius 2 is 1.77 bits per heavy atom. The largest absolute Gasteiger partial charge is 0.378 e. The molecule has 0 unspecified atom stereocenters. The zero-order chi connectivity index (χ0) is 19.2. The molecule has 1 aliphatic rings. The van der Waals surface area contributed by atoms with Gasteiger partial charge in [-0.15, -0.1) is 0 Å². The summed E-state index contributed by atoms with van der Waals surface area (Å²) in [5, 5.41) is 2.84. The first kappa shape index (κ1) is 20.3. The molecule has 0 spiro atoms. The fraction of sp³-hybridized carbons (Fsp3) is 0.526. The number of anilines is 2. The van der Waals surface area contributed by atoms with E-state index in [1.54, 1.807) is 12.1 Å². The van der Waals surface area contributed by atoms with Gasteiger partial charge in [-0.05, 0) is 56.4 Å². The number of sulfonamides is 1. The second-order valence-electron chi connectivity index (χ2n) is 6.89. The highest BCUT2D eigenvalue weighted by Gasteiger charge is 2.20. The van der Waals surface area contributed by atoms with Gasteiger partial charge >= 0.3 is 0 Å². The van der Waals surface area contributed by atoms with Crippen molar-refractivity contribution < 1.29 is 13.2 Å². The van der Waals surface area contributed by atoms with E-state index in [1.807, 2.05) is 31.1 Å². The third kappa shape index (κ3) is 6.05. The molecule has 0 fully saturated rings. The molecule has 1 aliphatic carbocycles. The molecule has 1 N–H and O–H groups in total. The number of rotatable bonds is 8. The molecule has 0 aromatic heterocycles. The van der Waals surface area contributed by atoms with Crippen LogP contribution in [0.3, 0.4) is 0 Å². The van der Waals surface area contributed by atoms with Gasteiger partial charge in [0.25, 0.3) is 0 Å². The van der Waals surface area contributed by atoms with Crippen molar-refractivity contribution in [2.45, 2.75) is 32.1 Å². The molecule has 0 saturated heterocycles. The van der Waals surface area contributed by atoms with E-state index in [0.29, 0.717) is 12.2 Å². The SMILES string of the molecule is CN(C)c1ccc(N(CC(=O)NCCC2=CCCCC2)S(C)(=O)=O)cc1. The van der Waals surface area contributed by atoms with Crippen LogP contribution in [0, 0.1) is 0 Å². The first-order valence-electron chi connectivity index (χ1n) is 8.97. The van der Waals surface area contributed by atoms with Gasteiger partial charge < -0.3 is 10.2 Å². The van der Waals surface area contributed by atoms with Crippen molar-refractivity contribution in [3.8, 4) is 0 Å². The molecule has 0 radical (unpaired) electrons. The smallest absolute Gasteiger partial charge is 0.240 e. The highest BCUT2D eigenvalue weighted by Crippen LogP contribution is 2.22. The molecule has 144 valence electrons. The summed E-state index contributed by atoms with van der Waals surface area (Å²) < 4.78 is 25.4. The Hall–Kier alpha value is -2.02. The first-order chi connectivity index (χ1) is 12.3. The summed E-state index contributed by atoms with van der Waals surface area (Å²) >= 11 is 0. The average molecular weight is 380 g/mol. The maximum atomic E-state index is 12.2. The minimum Gasteiger partial charge on any atom is -0.378 e. The molecular weight excluding hydrogens is 350 g/mol. The highest BCUT2D eigenvalue weighted by atomic mass is 32.2. The lowest BCUT2D eigenvalue weighted by Crippen LogP contribution is -2.40. The molecule has 1 amide bonds. The highest BCUT2D eigenvalue weighted by molar-refractivity contribution is 7.92. The average Bonchev–Trinajstić information content (AvgIpc) is 2.60. The van der Waals surface area contributed by atoms with Crippen molar-refractivity contribution in [2.24, 2.45) is 0 Å². The van der Waals surface area contributed by atoms with Crippen LogP contribution in [0.25, 0.3) is 0 Å². The lowest BCUT2D eigenvalue weighted by Gasteiger charge is -2.23. The number of hydrogen-bond donors (Lipinski definition) is 1. The second kappa shape index (κ2) is 9.07. The lowest BCUT2D eigenvalue weighted by molar-refractivity contribution is -0.119. The van der Waals surface area contributed by atoms with Crippen LogP contribution >= 0.6 is 0 Å². The van der Waals surface area contributed by atoms with E-state index in [2.05, 4.69) is 11.4 Å². The Morgan fingerprint density at radius 3 is 2.31 bits per heavy atom. The predicted molar refractivity (Wildman–Crippen MR) is 107 cm³/mol. The zero-order valence-corrected chi connectivity index (χ0v) is 16.7. The standard InChI is InChI=1S/C19H29N3O3S/c1-21(2)17-9-11-18(12-10-17)22(26(3,24)25)15-19(23)20-14-13-16-7-5-4-6-8-16/h7,9-12H,4-6,8,13-15H2,1-3H3,(H,20,23). The van der Waals surface area contributed by atoms with Gasteiger partial charge in [-0.2, -0.15) is 0 Å². The van der Waals surface area contributed by atoms with Crippen LogP contribution in [-0.4, -0.2) is 47.8 Å². The molecule has 1 aromatic rings. The summed E-state index contributed by atoms with van der Waals surface area (Å²) in [4.78, 5) is 14.2. The monoisotopic (exact) mass is 379 g/mol. The number of carbonyl (C=O) groups excluding carboxylic acids is 1. The molecule has 7 heteroatoms. The fourth-order valence-corrected chi connectivity index (χ4v) is 3.85. The molecule has 0 atom stereocenters. The summed E-state index contributed by atoms with van der Waals surface area (Å²) in [7, 11) is 0.286. The minimum absolute atomic E-state index is 0.209. The molecular formula is C19H29N3O3S. The number of amides is 1. The summed E-state index contributed by atoms with van der Waals surface area (Å²) in [6.45, 7) is 0.334. The van der Waals surface area contributed by atoms with Crippen LogP contribution in [0.4, 0.5) is 11.4 Å². The third-order valence-electron chi connectivity index (χ3n) is 4.49. The molecule has 1 aromatic carbocycles. The van der Waals surface area contributed by atoms with Crippen LogP contribution < -0.4 is 14.5 Å². The Kier molecular flexibility index (Phi) is 7.08. The van der Waals surface area contributed by atoms with Crippen molar-refractivity contribution in [3.05, 3.63) is 35.9 Å². The van der Waals surface area contributed by atoms with Crippen LogP contribution in [-0.2, 0) is 14.8 Å². The molecule has 0 bridgehead atoms. The number of nitrogens with one attached hydrogen (secondary N) is 1. The predicted octanol–water partition coefficient (Wildman–Crippen LogP) is 2.53. The number of benzene rings is 1. The molecule has 0 aliphatic heterocycles. The quantitative estimate of drug-likeness (QED) is 0.705. The van der Waals surface area contributed by atoms with Gasteiger partial charge in [-0.1, -0.05) is 11.6 Å². The fourth-order valence-electron chi connectivity index (χ4n) is 3.00. The van der Waals surface area contributed by atoms with Gasteiger partial charge in [-0.3, -0.25) is 9.10 Å². The summed E-state index contributed by atoms with van der Waals surface area (Å²) in [5.74, 6) is -0.288. The first-order valence-corrected chi connectivity index (χ1v) is 10.8. The Bertz CT molecular complexity index is 740. The normalized spacial score (nSPS) is 14.5. The van der Waals surface area contributed by atoms with Crippen LogP contribution in [0.2, 0.25) is 0 Å². The number of allylic oxidation sites excluding steroid dienone is 1. The third-order valence-corrected chi connectivity index (χ3v) is 5.64. The van der Waals surface area contributed by atoms with Crippen molar-refractivity contribution >= 4 is 27.3 Å². The lowest BCUT2D eigenvalue weighted by atomic mass is 9.97. The maximum absolute atomic E-state index is 12.2. The van der Waals surface area contributed by atoms with Crippen molar-refractivity contribution in [3.63, 3.8) is 0 Å². The summed E-state index contributed by atoms with van der Waals surface area (Å²) in [5.41, 5.74) is 2.84. The van der Waals surface area contributed by atoms with E-state index in [9.17, 15) is 13.2 Å². The van der Waals surface area contributed by atoms with E-state index < -0.39 is 10.0 Å². The second-order valence-corrected chi connectivity index (χ2v) is 8.80. The van der Waals surface area contributed by atoms with Crippen molar-refractivity contribution in [1.82, 2.24) is 5.32 Å². The maximum Gasteiger partial charge on any atom is 0.240 e. The van der Waals surface area contributed by atoms with Crippen LogP contribution in [0.5, 0.6) is 0 Å². The van der Waals surface area contributed by atoms with Crippen LogP contribution in [0.15, 0.2) is 35.9 Å². The number of hydrogen-bond acceptors (Lipinski definition) is 4. The number of nitrogens with zero attached hydrogens (tertiary/aromatic N) is 2. The van der Waals surface area contributed by atoms with Gasteiger partial charge in [0.1, 0.15) is 6.54 Å². The topological polar surface area (TPSA) is 69.7 Å². The van der Waals surface area contributed by atoms with Gasteiger partial charge in [0.15, 0.2) is 0 Å². The molecule has 0 saturated carbocycles. The molecule has 2 rings (SSSR count). The molecule has 26 heavy (non-hydrogen) atoms. The Balaban J connectivity index is 1.96. The van der Waals surface area contributed by atoms with E-state index in [4.69, 9.17) is 0 Å². The summed E-state index contributed by atoms with van der Waals surface area (Å²) in [6.07, 6.45) is 8.88. The van der Waals surface area contributed by atoms with E-state index in [-0.39, 0.29) is 12.5 Å². The summed E-state index contributed by atoms with van der Waals surface area (Å²) in [6, 6.07) is 7.11. The van der Waals surface area contributed by atoms with Crippen LogP contribution in [0.1, 0.15) is 32.1 Å². The van der Waals surface area contributed by atoms with E-state index in [1.165, 1.54) is 18.4 Å². The van der Waals surface area contributed by atoms with Gasteiger partial charge in [0.05, 0.1) is 11.9 Å². The van der Waals surface area contributed by atoms with E-state index in [0.717, 1.165) is 35.5 Å². The van der Waals surface area contributed by atoms with Gasteiger partial charge in [-0.25, -0.2) is 8.42 Å². The Labute approximate surface area is 156 Å². The van der Waals surface area contributed by atoms with Gasteiger partial charge in [0.2, 0.25) is 15.9 Å². The van der Waals surface area contributed by atoms with E-state index >= 15 is 0 Å². The van der Waals surface area contributed by atoms with Crippen molar-refractivity contribution in [1.29, 1.82) is 0 Å². The Morgan fingerprint density at radius 1 is 1.12 bits per heavy atom. The minimum atomic E-state index is -3.54. The molecule has 0 heterocycles.